The van der Waals surface area contributed by atoms with E-state index in [0.29, 0.717) is 0 Å². The first-order chi connectivity index (χ1) is 15.5. The molecule has 0 amide bonds. The Morgan fingerprint density at radius 2 is 0.812 bits per heavy atom. The van der Waals surface area contributed by atoms with E-state index in [-0.39, 0.29) is 12.5 Å². The van der Waals surface area contributed by atoms with Crippen molar-refractivity contribution in [2.75, 3.05) is 6.61 Å². The Labute approximate surface area is 201 Å². The minimum absolute atomic E-state index is 0.129. The van der Waals surface area contributed by atoms with Crippen LogP contribution >= 0.6 is 0 Å². The maximum absolute atomic E-state index is 10.9. The van der Waals surface area contributed by atoms with Gasteiger partial charge in [-0.15, -0.1) is 0 Å². The van der Waals surface area contributed by atoms with E-state index in [4.69, 9.17) is 4.55 Å². The fraction of sp³-hybridized carbons (Fsp3) is 1.00. The average Bonchev–Trinajstić information content (AvgIpc) is 2.75. The summed E-state index contributed by atoms with van der Waals surface area (Å²) < 4.78 is 35.3. The van der Waals surface area contributed by atoms with E-state index in [2.05, 4.69) is 18.0 Å². The molecule has 1 unspecified atom stereocenters. The molecule has 0 saturated carbocycles. The summed E-state index contributed by atoms with van der Waals surface area (Å²) in [5.41, 5.74) is 0. The van der Waals surface area contributed by atoms with Crippen molar-refractivity contribution in [1.82, 2.24) is 0 Å². The predicted octanol–water partition coefficient (Wildman–Crippen LogP) is 9.43. The third-order valence-electron chi connectivity index (χ3n) is 6.63. The number of hydrogen-bond acceptors (Lipinski definition) is 3. The molecule has 194 valence electrons. The van der Waals surface area contributed by atoms with Crippen LogP contribution in [-0.4, -0.2) is 19.6 Å². The maximum atomic E-state index is 10.9. The summed E-state index contributed by atoms with van der Waals surface area (Å²) >= 11 is 0. The molecule has 0 aromatic carbocycles. The fourth-order valence-corrected chi connectivity index (χ4v) is 4.88. The van der Waals surface area contributed by atoms with Gasteiger partial charge in [0.15, 0.2) is 0 Å². The standard InChI is InChI=1S/C27H56O4S/c1-3-5-7-9-10-11-12-13-14-15-16-17-18-19-20-21-23-25-27(24-22-8-6-4-2)26-31-32(28,29)30/h27H,3-26H2,1-2H3,(H,28,29,30). The molecule has 1 N–H and O–H groups in total. The summed E-state index contributed by atoms with van der Waals surface area (Å²) in [6.07, 6.45) is 30.0. The average molecular weight is 477 g/mol. The van der Waals surface area contributed by atoms with E-state index >= 15 is 0 Å². The Morgan fingerprint density at radius 3 is 1.12 bits per heavy atom. The van der Waals surface area contributed by atoms with E-state index in [9.17, 15) is 8.42 Å². The Bertz CT molecular complexity index is 464. The second-order valence-electron chi connectivity index (χ2n) is 9.87. The molecule has 0 saturated heterocycles. The molecule has 0 aliphatic heterocycles. The molecular formula is C27H56O4S. The van der Waals surface area contributed by atoms with Gasteiger partial charge in [-0.2, -0.15) is 8.42 Å². The highest BCUT2D eigenvalue weighted by Crippen LogP contribution is 2.20. The molecule has 0 rings (SSSR count). The van der Waals surface area contributed by atoms with Gasteiger partial charge in [0.2, 0.25) is 0 Å². The molecule has 0 aliphatic rings. The van der Waals surface area contributed by atoms with Crippen LogP contribution in [0.4, 0.5) is 0 Å². The van der Waals surface area contributed by atoms with Gasteiger partial charge in [-0.1, -0.05) is 149 Å². The third-order valence-corrected chi connectivity index (χ3v) is 7.07. The van der Waals surface area contributed by atoms with Gasteiger partial charge in [0.1, 0.15) is 0 Å². The normalized spacial score (nSPS) is 13.0. The van der Waals surface area contributed by atoms with Crippen molar-refractivity contribution in [3.05, 3.63) is 0 Å². The molecule has 32 heavy (non-hydrogen) atoms. The van der Waals surface area contributed by atoms with Crippen LogP contribution in [0.3, 0.4) is 0 Å². The largest absolute Gasteiger partial charge is 0.397 e. The van der Waals surface area contributed by atoms with Gasteiger partial charge in [-0.05, 0) is 18.8 Å². The van der Waals surface area contributed by atoms with Gasteiger partial charge >= 0.3 is 10.4 Å². The third kappa shape index (κ3) is 26.1. The molecule has 0 radical (unpaired) electrons. The molecule has 0 fully saturated rings. The van der Waals surface area contributed by atoms with Crippen LogP contribution in [-0.2, 0) is 14.6 Å². The molecule has 0 spiro atoms. The lowest BCUT2D eigenvalue weighted by molar-refractivity contribution is 0.204. The highest BCUT2D eigenvalue weighted by atomic mass is 32.3. The van der Waals surface area contributed by atoms with Gasteiger partial charge in [-0.3, -0.25) is 4.55 Å². The summed E-state index contributed by atoms with van der Waals surface area (Å²) in [6.45, 7) is 4.60. The Morgan fingerprint density at radius 1 is 0.531 bits per heavy atom. The Hall–Kier alpha value is -0.130. The van der Waals surface area contributed by atoms with Crippen LogP contribution < -0.4 is 0 Å². The number of hydrogen-bond donors (Lipinski definition) is 1. The second kappa shape index (κ2) is 24.0. The molecular weight excluding hydrogens is 420 g/mol. The Kier molecular flexibility index (Phi) is 23.9. The van der Waals surface area contributed by atoms with Crippen molar-refractivity contribution in [2.24, 2.45) is 5.92 Å². The van der Waals surface area contributed by atoms with E-state index in [0.717, 1.165) is 25.7 Å². The molecule has 0 aromatic rings. The topological polar surface area (TPSA) is 63.6 Å². The Balaban J connectivity index is 3.51. The van der Waals surface area contributed by atoms with Crippen LogP contribution in [0, 0.1) is 5.92 Å². The van der Waals surface area contributed by atoms with Crippen molar-refractivity contribution >= 4 is 10.4 Å². The van der Waals surface area contributed by atoms with Crippen molar-refractivity contribution in [1.29, 1.82) is 0 Å². The second-order valence-corrected chi connectivity index (χ2v) is 11.0. The zero-order chi connectivity index (χ0) is 23.8. The summed E-state index contributed by atoms with van der Waals surface area (Å²) in [7, 11) is -4.32. The minimum Gasteiger partial charge on any atom is -0.264 e. The first-order valence-electron chi connectivity index (χ1n) is 14.1. The highest BCUT2D eigenvalue weighted by Gasteiger charge is 2.13. The summed E-state index contributed by atoms with van der Waals surface area (Å²) in [6, 6.07) is 0. The smallest absolute Gasteiger partial charge is 0.264 e. The van der Waals surface area contributed by atoms with Crippen molar-refractivity contribution < 1.29 is 17.2 Å². The summed E-state index contributed by atoms with van der Waals surface area (Å²) in [5, 5.41) is 0. The van der Waals surface area contributed by atoms with E-state index < -0.39 is 10.4 Å². The highest BCUT2D eigenvalue weighted by molar-refractivity contribution is 7.80. The predicted molar refractivity (Wildman–Crippen MR) is 139 cm³/mol. The van der Waals surface area contributed by atoms with E-state index in [1.54, 1.807) is 0 Å². The van der Waals surface area contributed by atoms with Gasteiger partial charge in [0.05, 0.1) is 6.61 Å². The van der Waals surface area contributed by atoms with Crippen LogP contribution in [0.25, 0.3) is 0 Å². The summed E-state index contributed by atoms with van der Waals surface area (Å²) in [4.78, 5) is 0. The molecule has 0 aliphatic carbocycles. The van der Waals surface area contributed by atoms with E-state index in [1.807, 2.05) is 0 Å². The molecule has 1 atom stereocenters. The molecule has 0 heterocycles. The van der Waals surface area contributed by atoms with Gasteiger partial charge in [-0.25, -0.2) is 4.18 Å². The first-order valence-corrected chi connectivity index (χ1v) is 15.5. The lowest BCUT2D eigenvalue weighted by Gasteiger charge is -2.16. The van der Waals surface area contributed by atoms with E-state index in [1.165, 1.54) is 122 Å². The van der Waals surface area contributed by atoms with Crippen molar-refractivity contribution in [3.63, 3.8) is 0 Å². The van der Waals surface area contributed by atoms with Gasteiger partial charge in [0.25, 0.3) is 0 Å². The van der Waals surface area contributed by atoms with Crippen LogP contribution in [0.15, 0.2) is 0 Å². The zero-order valence-corrected chi connectivity index (χ0v) is 22.4. The van der Waals surface area contributed by atoms with Crippen molar-refractivity contribution in [3.8, 4) is 0 Å². The lowest BCUT2D eigenvalue weighted by atomic mass is 9.95. The number of rotatable bonds is 26. The van der Waals surface area contributed by atoms with Crippen LogP contribution in [0.5, 0.6) is 0 Å². The lowest BCUT2D eigenvalue weighted by Crippen LogP contribution is -2.14. The number of unbranched alkanes of at least 4 members (excludes halogenated alkanes) is 19. The minimum atomic E-state index is -4.32. The molecule has 5 heteroatoms. The summed E-state index contributed by atoms with van der Waals surface area (Å²) in [5.74, 6) is 0.241. The SMILES string of the molecule is CCCCCCCCCCCCCCCCCCCC(CCCCCC)COS(=O)(=O)O. The monoisotopic (exact) mass is 476 g/mol. The molecule has 0 aromatic heterocycles. The van der Waals surface area contributed by atoms with Crippen molar-refractivity contribution in [2.45, 2.75) is 162 Å². The zero-order valence-electron chi connectivity index (χ0n) is 21.6. The first kappa shape index (κ1) is 31.9. The maximum Gasteiger partial charge on any atom is 0.397 e. The van der Waals surface area contributed by atoms with Crippen LogP contribution in [0.1, 0.15) is 162 Å². The quantitative estimate of drug-likeness (QED) is 0.0997. The fourth-order valence-electron chi connectivity index (χ4n) is 4.51. The van der Waals surface area contributed by atoms with Crippen LogP contribution in [0.2, 0.25) is 0 Å². The van der Waals surface area contributed by atoms with Gasteiger partial charge in [0, 0.05) is 0 Å². The van der Waals surface area contributed by atoms with Gasteiger partial charge < -0.3 is 0 Å². The molecule has 4 nitrogen and oxygen atoms in total. The molecule has 0 bridgehead atoms.